The lowest BCUT2D eigenvalue weighted by Crippen LogP contribution is -2.44. The standard InChI is InChI=1S/C24H24N2O4/c1-15-11-12-17(30-15)13-25-23(27)16(2)26-24(28)29-14-22-20-9-5-3-7-18(20)19-8-4-6-10-21(19)22/h3-12,16,22H,13-14H2,1-2H3,(H,25,27)(H,26,28)/t16-/m0/s1. The van der Waals surface area contributed by atoms with Gasteiger partial charge in [0.1, 0.15) is 24.2 Å². The van der Waals surface area contributed by atoms with Crippen LogP contribution >= 0.6 is 0 Å². The van der Waals surface area contributed by atoms with Gasteiger partial charge in [0.15, 0.2) is 0 Å². The SMILES string of the molecule is Cc1ccc(CNC(=O)[C@H](C)NC(=O)OCC2c3ccccc3-c3ccccc32)o1. The van der Waals surface area contributed by atoms with Crippen LogP contribution in [0.5, 0.6) is 0 Å². The van der Waals surface area contributed by atoms with Crippen molar-refractivity contribution < 1.29 is 18.7 Å². The Bertz CT molecular complexity index is 1030. The van der Waals surface area contributed by atoms with E-state index in [0.717, 1.165) is 16.9 Å². The van der Waals surface area contributed by atoms with Gasteiger partial charge in [-0.1, -0.05) is 48.5 Å². The van der Waals surface area contributed by atoms with Gasteiger partial charge >= 0.3 is 6.09 Å². The summed E-state index contributed by atoms with van der Waals surface area (Å²) in [4.78, 5) is 24.5. The van der Waals surface area contributed by atoms with Crippen LogP contribution in [0.2, 0.25) is 0 Å². The highest BCUT2D eigenvalue weighted by Gasteiger charge is 2.29. The van der Waals surface area contributed by atoms with Crippen LogP contribution < -0.4 is 10.6 Å². The number of benzene rings is 2. The molecule has 1 heterocycles. The van der Waals surface area contributed by atoms with Gasteiger partial charge in [-0.2, -0.15) is 0 Å². The Labute approximate surface area is 175 Å². The largest absolute Gasteiger partial charge is 0.465 e. The van der Waals surface area contributed by atoms with Crippen molar-refractivity contribution in [3.63, 3.8) is 0 Å². The molecule has 3 aromatic rings. The number of carbonyl (C=O) groups is 2. The number of rotatable bonds is 6. The van der Waals surface area contributed by atoms with Gasteiger partial charge in [-0.05, 0) is 48.2 Å². The zero-order valence-corrected chi connectivity index (χ0v) is 17.0. The van der Waals surface area contributed by atoms with Crippen LogP contribution in [0.1, 0.15) is 35.5 Å². The van der Waals surface area contributed by atoms with Crippen LogP contribution in [0.25, 0.3) is 11.1 Å². The summed E-state index contributed by atoms with van der Waals surface area (Å²) < 4.78 is 10.9. The van der Waals surface area contributed by atoms with Crippen LogP contribution in [0.4, 0.5) is 4.79 Å². The minimum absolute atomic E-state index is 0.0190. The summed E-state index contributed by atoms with van der Waals surface area (Å²) in [5.74, 6) is 1.12. The molecular formula is C24H24N2O4. The predicted molar refractivity (Wildman–Crippen MR) is 113 cm³/mol. The number of ether oxygens (including phenoxy) is 1. The number of aryl methyl sites for hydroxylation is 1. The van der Waals surface area contributed by atoms with E-state index in [-0.39, 0.29) is 25.0 Å². The van der Waals surface area contributed by atoms with E-state index in [4.69, 9.17) is 9.15 Å². The molecule has 6 heteroatoms. The molecule has 1 atom stereocenters. The van der Waals surface area contributed by atoms with Crippen molar-refractivity contribution in [3.8, 4) is 11.1 Å². The van der Waals surface area contributed by atoms with Crippen LogP contribution in [-0.2, 0) is 16.1 Å². The first kappa shape index (κ1) is 19.8. The zero-order chi connectivity index (χ0) is 21.1. The Hall–Kier alpha value is -3.54. The van der Waals surface area contributed by atoms with Gasteiger partial charge in [0, 0.05) is 5.92 Å². The number of hydrogen-bond donors (Lipinski definition) is 2. The normalized spacial score (nSPS) is 13.3. The summed E-state index contributed by atoms with van der Waals surface area (Å²) in [6.07, 6.45) is -0.617. The molecule has 0 saturated carbocycles. The highest BCUT2D eigenvalue weighted by Crippen LogP contribution is 2.44. The zero-order valence-electron chi connectivity index (χ0n) is 17.0. The van der Waals surface area contributed by atoms with Gasteiger partial charge in [-0.3, -0.25) is 4.79 Å². The predicted octanol–water partition coefficient (Wildman–Crippen LogP) is 4.13. The summed E-state index contributed by atoms with van der Waals surface area (Å²) in [6.45, 7) is 3.93. The molecule has 1 aliphatic rings. The minimum Gasteiger partial charge on any atom is -0.465 e. The molecule has 4 rings (SSSR count). The van der Waals surface area contributed by atoms with Gasteiger partial charge in [0.25, 0.3) is 0 Å². The number of alkyl carbamates (subject to hydrolysis) is 1. The molecule has 0 fully saturated rings. The minimum atomic E-state index is -0.725. The van der Waals surface area contributed by atoms with Crippen molar-refractivity contribution in [1.82, 2.24) is 10.6 Å². The van der Waals surface area contributed by atoms with E-state index in [2.05, 4.69) is 34.9 Å². The fourth-order valence-electron chi connectivity index (χ4n) is 3.79. The summed E-state index contributed by atoms with van der Waals surface area (Å²) in [5.41, 5.74) is 4.63. The molecule has 0 radical (unpaired) electrons. The van der Waals surface area contributed by atoms with E-state index in [0.29, 0.717) is 5.76 Å². The Morgan fingerprint density at radius 3 is 2.23 bits per heavy atom. The van der Waals surface area contributed by atoms with E-state index in [1.165, 1.54) is 11.1 Å². The fraction of sp³-hybridized carbons (Fsp3) is 0.250. The van der Waals surface area contributed by atoms with Crippen LogP contribution in [0, 0.1) is 6.92 Å². The first-order valence-corrected chi connectivity index (χ1v) is 9.97. The first-order chi connectivity index (χ1) is 14.5. The molecule has 6 nitrogen and oxygen atoms in total. The van der Waals surface area contributed by atoms with Crippen LogP contribution in [-0.4, -0.2) is 24.6 Å². The molecule has 0 aliphatic heterocycles. The summed E-state index contributed by atoms with van der Waals surface area (Å²) in [5, 5.41) is 5.33. The second-order valence-corrected chi connectivity index (χ2v) is 7.42. The van der Waals surface area contributed by atoms with Gasteiger partial charge in [0.05, 0.1) is 6.54 Å². The topological polar surface area (TPSA) is 80.6 Å². The molecular weight excluding hydrogens is 380 g/mol. The van der Waals surface area contributed by atoms with Crippen molar-refractivity contribution in [2.45, 2.75) is 32.4 Å². The van der Waals surface area contributed by atoms with E-state index < -0.39 is 12.1 Å². The van der Waals surface area contributed by atoms with E-state index in [9.17, 15) is 9.59 Å². The van der Waals surface area contributed by atoms with E-state index >= 15 is 0 Å². The summed E-state index contributed by atoms with van der Waals surface area (Å²) in [6, 6.07) is 19.2. The highest BCUT2D eigenvalue weighted by molar-refractivity contribution is 5.85. The Balaban J connectivity index is 1.32. The quantitative estimate of drug-likeness (QED) is 0.647. The molecule has 30 heavy (non-hydrogen) atoms. The maximum absolute atomic E-state index is 12.3. The maximum Gasteiger partial charge on any atom is 0.407 e. The van der Waals surface area contributed by atoms with Crippen molar-refractivity contribution in [3.05, 3.63) is 83.3 Å². The second-order valence-electron chi connectivity index (χ2n) is 7.42. The van der Waals surface area contributed by atoms with Gasteiger partial charge in [-0.25, -0.2) is 4.79 Å². The molecule has 2 aromatic carbocycles. The highest BCUT2D eigenvalue weighted by atomic mass is 16.5. The van der Waals surface area contributed by atoms with Gasteiger partial charge in [0.2, 0.25) is 5.91 Å². The Morgan fingerprint density at radius 2 is 1.63 bits per heavy atom. The molecule has 0 saturated heterocycles. The van der Waals surface area contributed by atoms with E-state index in [1.54, 1.807) is 13.0 Å². The lowest BCUT2D eigenvalue weighted by Gasteiger charge is -2.17. The molecule has 0 bridgehead atoms. The number of amides is 2. The second kappa shape index (κ2) is 8.45. The first-order valence-electron chi connectivity index (χ1n) is 9.97. The third kappa shape index (κ3) is 4.08. The smallest absolute Gasteiger partial charge is 0.407 e. The Morgan fingerprint density at radius 1 is 1.00 bits per heavy atom. The van der Waals surface area contributed by atoms with Crippen molar-refractivity contribution >= 4 is 12.0 Å². The van der Waals surface area contributed by atoms with E-state index in [1.807, 2.05) is 37.3 Å². The number of hydrogen-bond acceptors (Lipinski definition) is 4. The Kier molecular flexibility index (Phi) is 5.57. The lowest BCUT2D eigenvalue weighted by atomic mass is 9.98. The van der Waals surface area contributed by atoms with Crippen LogP contribution in [0.15, 0.2) is 65.1 Å². The average Bonchev–Trinajstić information content (AvgIpc) is 3.31. The molecule has 2 N–H and O–H groups in total. The maximum atomic E-state index is 12.3. The molecule has 1 aliphatic carbocycles. The molecule has 0 unspecified atom stereocenters. The molecule has 2 amide bonds. The number of furan rings is 1. The third-order valence-electron chi connectivity index (χ3n) is 5.30. The van der Waals surface area contributed by atoms with Crippen molar-refractivity contribution in [1.29, 1.82) is 0 Å². The molecule has 1 aromatic heterocycles. The number of carbonyl (C=O) groups excluding carboxylic acids is 2. The summed E-state index contributed by atoms with van der Waals surface area (Å²) >= 11 is 0. The number of nitrogens with one attached hydrogen (secondary N) is 2. The van der Waals surface area contributed by atoms with Crippen molar-refractivity contribution in [2.75, 3.05) is 6.61 Å². The molecule has 154 valence electrons. The third-order valence-corrected chi connectivity index (χ3v) is 5.30. The average molecular weight is 404 g/mol. The number of fused-ring (bicyclic) bond motifs is 3. The fourth-order valence-corrected chi connectivity index (χ4v) is 3.79. The van der Waals surface area contributed by atoms with Crippen molar-refractivity contribution in [2.24, 2.45) is 0 Å². The van der Waals surface area contributed by atoms with Crippen LogP contribution in [0.3, 0.4) is 0 Å². The van der Waals surface area contributed by atoms with Gasteiger partial charge in [-0.15, -0.1) is 0 Å². The monoisotopic (exact) mass is 404 g/mol. The van der Waals surface area contributed by atoms with Gasteiger partial charge < -0.3 is 19.8 Å². The lowest BCUT2D eigenvalue weighted by molar-refractivity contribution is -0.122. The summed E-state index contributed by atoms with van der Waals surface area (Å²) in [7, 11) is 0. The molecule has 0 spiro atoms.